The minimum Gasteiger partial charge on any atom is -0.504 e. The fourth-order valence-electron chi connectivity index (χ4n) is 2.35. The number of rotatable bonds is 8. The van der Waals surface area contributed by atoms with Gasteiger partial charge in [0.15, 0.2) is 23.7 Å². The molecule has 1 aromatic carbocycles. The summed E-state index contributed by atoms with van der Waals surface area (Å²) >= 11 is 0. The summed E-state index contributed by atoms with van der Waals surface area (Å²) in [7, 11) is 0. The van der Waals surface area contributed by atoms with Crippen molar-refractivity contribution in [1.82, 2.24) is 0 Å². The minimum absolute atomic E-state index is 0.0183. The molecule has 2 rings (SSSR count). The van der Waals surface area contributed by atoms with Crippen molar-refractivity contribution < 1.29 is 28.9 Å². The van der Waals surface area contributed by atoms with Crippen molar-refractivity contribution in [2.75, 3.05) is 13.2 Å². The third-order valence-corrected chi connectivity index (χ3v) is 3.47. The van der Waals surface area contributed by atoms with Gasteiger partial charge in [-0.3, -0.25) is 0 Å². The molecule has 1 atom stereocenters. The molecule has 0 aliphatic carbocycles. The third kappa shape index (κ3) is 3.98. The quantitative estimate of drug-likeness (QED) is 0.714. The fraction of sp³-hybridized carbons (Fsp3) is 0.412. The summed E-state index contributed by atoms with van der Waals surface area (Å²) in [6.07, 6.45) is 1.93. The molecule has 2 N–H and O–H groups in total. The number of para-hydroxylation sites is 1. The molecule has 24 heavy (non-hydrogen) atoms. The van der Waals surface area contributed by atoms with Gasteiger partial charge in [-0.15, -0.1) is 0 Å². The van der Waals surface area contributed by atoms with Crippen molar-refractivity contribution in [2.24, 2.45) is 5.92 Å². The lowest BCUT2D eigenvalue weighted by molar-refractivity contribution is -0.139. The first-order valence-corrected chi connectivity index (χ1v) is 7.70. The fourth-order valence-corrected chi connectivity index (χ4v) is 2.35. The number of aliphatic carboxylic acids is 1. The molecular formula is C17H20O7. The van der Waals surface area contributed by atoms with Crippen molar-refractivity contribution in [2.45, 2.75) is 26.7 Å². The first kappa shape index (κ1) is 17.7. The van der Waals surface area contributed by atoms with Crippen molar-refractivity contribution >= 4 is 16.9 Å². The van der Waals surface area contributed by atoms with E-state index in [9.17, 15) is 14.7 Å². The van der Waals surface area contributed by atoms with E-state index in [4.69, 9.17) is 19.0 Å². The first-order chi connectivity index (χ1) is 11.4. The Hall–Kier alpha value is -2.70. The summed E-state index contributed by atoms with van der Waals surface area (Å²) in [5.74, 6) is -1.46. The molecule has 0 fully saturated rings. The Bertz CT molecular complexity index is 778. The van der Waals surface area contributed by atoms with Crippen LogP contribution in [0.25, 0.3) is 11.0 Å². The number of aromatic hydroxyl groups is 1. The van der Waals surface area contributed by atoms with Crippen molar-refractivity contribution in [1.29, 1.82) is 0 Å². The summed E-state index contributed by atoms with van der Waals surface area (Å²) in [5, 5.41) is 19.2. The van der Waals surface area contributed by atoms with Crippen molar-refractivity contribution in [3.63, 3.8) is 0 Å². The van der Waals surface area contributed by atoms with E-state index in [-0.39, 0.29) is 40.7 Å². The predicted molar refractivity (Wildman–Crippen MR) is 86.8 cm³/mol. The number of hydrogen-bond donors (Lipinski definition) is 2. The zero-order valence-electron chi connectivity index (χ0n) is 13.6. The van der Waals surface area contributed by atoms with Gasteiger partial charge >= 0.3 is 11.6 Å². The molecule has 2 aromatic rings. The van der Waals surface area contributed by atoms with Crippen LogP contribution in [0.3, 0.4) is 0 Å². The average Bonchev–Trinajstić information content (AvgIpc) is 2.53. The number of hydrogen-bond acceptors (Lipinski definition) is 6. The molecule has 1 heterocycles. The Balaban J connectivity index is 2.36. The standard InChI is InChI=1S/C17H20O7/c1-3-5-10(2)8-23-16-14(20)11-6-4-7-12(22-9-13(18)19)15(11)24-17(16)21/h4,6-7,10,20H,3,5,8-9H2,1-2H3,(H,18,19). The van der Waals surface area contributed by atoms with Gasteiger partial charge < -0.3 is 24.1 Å². The van der Waals surface area contributed by atoms with Gasteiger partial charge in [-0.05, 0) is 24.5 Å². The zero-order chi connectivity index (χ0) is 17.7. The maximum Gasteiger partial charge on any atom is 0.383 e. The van der Waals surface area contributed by atoms with Gasteiger partial charge in [-0.1, -0.05) is 26.3 Å². The molecule has 0 radical (unpaired) electrons. The Morgan fingerprint density at radius 3 is 2.75 bits per heavy atom. The number of ether oxygens (including phenoxy) is 2. The number of fused-ring (bicyclic) bond motifs is 1. The molecule has 1 unspecified atom stereocenters. The molecule has 0 bridgehead atoms. The molecule has 0 amide bonds. The molecule has 1 aromatic heterocycles. The molecule has 0 spiro atoms. The Kier molecular flexibility index (Phi) is 5.68. The monoisotopic (exact) mass is 336 g/mol. The van der Waals surface area contributed by atoms with Crippen LogP contribution in [0.1, 0.15) is 26.7 Å². The maximum atomic E-state index is 12.1. The highest BCUT2D eigenvalue weighted by atomic mass is 16.5. The van der Waals surface area contributed by atoms with Crippen LogP contribution in [0.4, 0.5) is 0 Å². The highest BCUT2D eigenvalue weighted by molar-refractivity contribution is 5.89. The minimum atomic E-state index is -1.16. The highest BCUT2D eigenvalue weighted by Crippen LogP contribution is 2.35. The van der Waals surface area contributed by atoms with E-state index in [0.717, 1.165) is 12.8 Å². The van der Waals surface area contributed by atoms with Crippen LogP contribution in [0.2, 0.25) is 0 Å². The summed E-state index contributed by atoms with van der Waals surface area (Å²) in [5.41, 5.74) is -0.856. The van der Waals surface area contributed by atoms with E-state index in [1.807, 2.05) is 6.92 Å². The SMILES string of the molecule is CCCC(C)COc1c(O)c2cccc(OCC(=O)O)c2oc1=O. The summed E-state index contributed by atoms with van der Waals surface area (Å²) in [4.78, 5) is 22.7. The largest absolute Gasteiger partial charge is 0.504 e. The van der Waals surface area contributed by atoms with E-state index in [2.05, 4.69) is 6.92 Å². The van der Waals surface area contributed by atoms with Crippen LogP contribution in [0.15, 0.2) is 27.4 Å². The number of carbonyl (C=O) groups is 1. The lowest BCUT2D eigenvalue weighted by Crippen LogP contribution is -2.14. The van der Waals surface area contributed by atoms with Crippen molar-refractivity contribution in [3.05, 3.63) is 28.6 Å². The molecule has 0 aliphatic heterocycles. The molecule has 130 valence electrons. The third-order valence-electron chi connectivity index (χ3n) is 3.47. The molecular weight excluding hydrogens is 316 g/mol. The molecule has 7 heteroatoms. The summed E-state index contributed by atoms with van der Waals surface area (Å²) in [6, 6.07) is 4.55. The van der Waals surface area contributed by atoms with E-state index in [1.165, 1.54) is 12.1 Å². The Morgan fingerprint density at radius 2 is 2.08 bits per heavy atom. The number of benzene rings is 1. The normalized spacial score (nSPS) is 12.1. The maximum absolute atomic E-state index is 12.1. The lowest BCUT2D eigenvalue weighted by atomic mass is 10.1. The second-order valence-corrected chi connectivity index (χ2v) is 5.59. The van der Waals surface area contributed by atoms with E-state index >= 15 is 0 Å². The van der Waals surface area contributed by atoms with Crippen LogP contribution in [-0.2, 0) is 4.79 Å². The topological polar surface area (TPSA) is 106 Å². The zero-order valence-corrected chi connectivity index (χ0v) is 13.6. The van der Waals surface area contributed by atoms with Crippen LogP contribution in [0.5, 0.6) is 17.2 Å². The lowest BCUT2D eigenvalue weighted by Gasteiger charge is -2.13. The smallest absolute Gasteiger partial charge is 0.383 e. The number of carboxylic acids is 1. The van der Waals surface area contributed by atoms with Gasteiger partial charge in [0.1, 0.15) is 0 Å². The highest BCUT2D eigenvalue weighted by Gasteiger charge is 2.19. The molecule has 0 aliphatic rings. The van der Waals surface area contributed by atoms with Gasteiger partial charge in [0.05, 0.1) is 12.0 Å². The van der Waals surface area contributed by atoms with E-state index < -0.39 is 18.2 Å². The number of carboxylic acid groups (broad SMARTS) is 1. The van der Waals surface area contributed by atoms with Gasteiger partial charge in [-0.25, -0.2) is 9.59 Å². The second kappa shape index (κ2) is 7.72. The van der Waals surface area contributed by atoms with Gasteiger partial charge in [0, 0.05) is 0 Å². The van der Waals surface area contributed by atoms with Crippen molar-refractivity contribution in [3.8, 4) is 17.2 Å². The molecule has 7 nitrogen and oxygen atoms in total. The van der Waals surface area contributed by atoms with Gasteiger partial charge in [0.2, 0.25) is 5.75 Å². The first-order valence-electron chi connectivity index (χ1n) is 7.70. The van der Waals surface area contributed by atoms with E-state index in [1.54, 1.807) is 6.07 Å². The second-order valence-electron chi connectivity index (χ2n) is 5.59. The van der Waals surface area contributed by atoms with E-state index in [0.29, 0.717) is 0 Å². The van der Waals surface area contributed by atoms with Gasteiger partial charge in [-0.2, -0.15) is 0 Å². The van der Waals surface area contributed by atoms with Crippen LogP contribution >= 0.6 is 0 Å². The Labute approximate surface area is 138 Å². The van der Waals surface area contributed by atoms with Gasteiger partial charge in [0.25, 0.3) is 0 Å². The Morgan fingerprint density at radius 1 is 1.33 bits per heavy atom. The summed E-state index contributed by atoms with van der Waals surface area (Å²) < 4.78 is 15.7. The van der Waals surface area contributed by atoms with Crippen LogP contribution in [-0.4, -0.2) is 29.4 Å². The van der Waals surface area contributed by atoms with Crippen LogP contribution in [0, 0.1) is 5.92 Å². The molecule has 0 saturated carbocycles. The summed E-state index contributed by atoms with van der Waals surface area (Å²) in [6.45, 7) is 3.74. The average molecular weight is 336 g/mol. The predicted octanol–water partition coefficient (Wildman–Crippen LogP) is 2.78. The molecule has 0 saturated heterocycles. The van der Waals surface area contributed by atoms with Crippen LogP contribution < -0.4 is 15.1 Å².